The third-order valence-corrected chi connectivity index (χ3v) is 7.20. The number of β-amino-alcohol motifs (C(OH)–C–C–N with tert-alkyl or cyclic N) is 1. The summed E-state index contributed by atoms with van der Waals surface area (Å²) in [6, 6.07) is 14.8. The first-order chi connectivity index (χ1) is 21.7. The molecule has 1 aliphatic rings. The summed E-state index contributed by atoms with van der Waals surface area (Å²) in [7, 11) is 4.54. The first-order valence-corrected chi connectivity index (χ1v) is 14.1. The number of amides is 1. The van der Waals surface area contributed by atoms with Gasteiger partial charge in [0.2, 0.25) is 5.75 Å². The Hall–Kier alpha value is -5.20. The number of ether oxygens (including phenoxy) is 4. The molecular formula is C32H29ClN4O8. The molecule has 3 aromatic carbocycles. The summed E-state index contributed by atoms with van der Waals surface area (Å²) in [6.07, 6.45) is 3.63. The molecule has 1 aliphatic heterocycles. The van der Waals surface area contributed by atoms with Crippen molar-refractivity contribution in [3.05, 3.63) is 94.3 Å². The van der Waals surface area contributed by atoms with Gasteiger partial charge in [0.05, 0.1) is 58.0 Å². The third kappa shape index (κ3) is 6.82. The van der Waals surface area contributed by atoms with Crippen molar-refractivity contribution in [2.75, 3.05) is 32.8 Å². The monoisotopic (exact) mass is 632 g/mol. The van der Waals surface area contributed by atoms with Crippen LogP contribution >= 0.6 is 11.6 Å². The number of benzene rings is 3. The number of hydrogen-bond acceptors (Lipinski definition) is 10. The van der Waals surface area contributed by atoms with Gasteiger partial charge in [-0.15, -0.1) is 5.10 Å². The van der Waals surface area contributed by atoms with Gasteiger partial charge < -0.3 is 29.0 Å². The van der Waals surface area contributed by atoms with Gasteiger partial charge in [0.1, 0.15) is 18.1 Å². The Kier molecular flexibility index (Phi) is 9.45. The lowest BCUT2D eigenvalue weighted by atomic mass is 10.1. The van der Waals surface area contributed by atoms with Crippen LogP contribution < -0.4 is 23.8 Å². The molecule has 1 aromatic heterocycles. The maximum Gasteiger partial charge on any atom is 0.299 e. The lowest BCUT2D eigenvalue weighted by molar-refractivity contribution is -0.114. The molecule has 1 atom stereocenters. The van der Waals surface area contributed by atoms with Crippen LogP contribution in [-0.2, 0) is 17.9 Å². The van der Waals surface area contributed by atoms with Crippen molar-refractivity contribution in [3.8, 4) is 23.0 Å². The number of allylic oxidation sites excluding steroid dienone is 1. The van der Waals surface area contributed by atoms with Gasteiger partial charge in [-0.2, -0.15) is 0 Å². The SMILES string of the molecule is COc1ccc(/C=C/C(=O)c2cccc(OCc3cn(CC(O)CN4C(=O)C(=O)c5cc(Cl)ccc54)nn3)c2)c(OC)c1OC. The minimum Gasteiger partial charge on any atom is -0.493 e. The highest BCUT2D eigenvalue weighted by Crippen LogP contribution is 2.40. The predicted molar refractivity (Wildman–Crippen MR) is 164 cm³/mol. The van der Waals surface area contributed by atoms with E-state index in [4.69, 9.17) is 30.5 Å². The first kappa shape index (κ1) is 31.2. The molecule has 1 amide bonds. The van der Waals surface area contributed by atoms with Crippen LogP contribution in [0.5, 0.6) is 23.0 Å². The number of anilines is 1. The van der Waals surface area contributed by atoms with E-state index in [0.29, 0.717) is 50.5 Å². The predicted octanol–water partition coefficient (Wildman–Crippen LogP) is 4.02. The summed E-state index contributed by atoms with van der Waals surface area (Å²) in [4.78, 5) is 38.9. The van der Waals surface area contributed by atoms with E-state index in [1.54, 1.807) is 60.8 Å². The van der Waals surface area contributed by atoms with Gasteiger partial charge in [-0.1, -0.05) is 28.9 Å². The number of aliphatic hydroxyl groups is 1. The number of ketones is 2. The number of halogens is 1. The van der Waals surface area contributed by atoms with E-state index in [1.165, 1.54) is 43.1 Å². The number of aliphatic hydroxyl groups excluding tert-OH is 1. The molecule has 0 saturated heterocycles. The Balaban J connectivity index is 1.18. The van der Waals surface area contributed by atoms with Crippen molar-refractivity contribution in [2.24, 2.45) is 0 Å². The normalized spacial score (nSPS) is 13.2. The highest BCUT2D eigenvalue weighted by atomic mass is 35.5. The number of fused-ring (bicyclic) bond motifs is 1. The summed E-state index contributed by atoms with van der Waals surface area (Å²) in [6.45, 7) is -0.0340. The highest BCUT2D eigenvalue weighted by molar-refractivity contribution is 6.52. The van der Waals surface area contributed by atoms with Crippen LogP contribution in [0.15, 0.2) is 66.9 Å². The van der Waals surface area contributed by atoms with Crippen LogP contribution in [0.3, 0.4) is 0 Å². The molecule has 4 aromatic rings. The average Bonchev–Trinajstić information content (AvgIpc) is 3.59. The number of Topliss-reactive ketones (excluding diaryl/α,β-unsaturated/α-hetero) is 1. The minimum atomic E-state index is -1.03. The third-order valence-electron chi connectivity index (χ3n) is 6.96. The van der Waals surface area contributed by atoms with E-state index in [9.17, 15) is 19.5 Å². The molecule has 0 bridgehead atoms. The Morgan fingerprint density at radius 3 is 2.56 bits per heavy atom. The Morgan fingerprint density at radius 1 is 1.00 bits per heavy atom. The number of nitrogens with zero attached hydrogens (tertiary/aromatic N) is 4. The second-order valence-corrected chi connectivity index (χ2v) is 10.4. The zero-order valence-corrected chi connectivity index (χ0v) is 25.4. The fourth-order valence-electron chi connectivity index (χ4n) is 4.85. The molecule has 0 saturated carbocycles. The maximum atomic E-state index is 12.9. The second kappa shape index (κ2) is 13.6. The fourth-order valence-corrected chi connectivity index (χ4v) is 5.02. The van der Waals surface area contributed by atoms with Gasteiger partial charge in [-0.3, -0.25) is 14.4 Å². The zero-order chi connectivity index (χ0) is 32.1. The molecule has 45 heavy (non-hydrogen) atoms. The molecule has 0 radical (unpaired) electrons. The van der Waals surface area contributed by atoms with Crippen LogP contribution in [-0.4, -0.2) is 71.6 Å². The fraction of sp³-hybridized carbons (Fsp3) is 0.219. The largest absolute Gasteiger partial charge is 0.493 e. The quantitative estimate of drug-likeness (QED) is 0.130. The van der Waals surface area contributed by atoms with E-state index in [0.717, 1.165) is 0 Å². The standard InChI is InChI=1S/C32H29ClN4O8/c1-42-28-12-8-19(30(43-2)31(28)44-3)7-11-27(39)20-5-4-6-24(13-20)45-18-22-15-36(35-34-22)16-23(38)17-37-26-10-9-21(33)14-25(26)29(40)32(37)41/h4-15,23,38H,16-18H2,1-3H3/b11-7+. The average molecular weight is 633 g/mol. The highest BCUT2D eigenvalue weighted by Gasteiger charge is 2.36. The summed E-state index contributed by atoms with van der Waals surface area (Å²) < 4.78 is 23.4. The lowest BCUT2D eigenvalue weighted by Crippen LogP contribution is -2.38. The van der Waals surface area contributed by atoms with Gasteiger partial charge in [0, 0.05) is 16.1 Å². The van der Waals surface area contributed by atoms with Gasteiger partial charge in [-0.05, 0) is 54.6 Å². The molecule has 5 rings (SSSR count). The zero-order valence-electron chi connectivity index (χ0n) is 24.6. The van der Waals surface area contributed by atoms with E-state index >= 15 is 0 Å². The van der Waals surface area contributed by atoms with E-state index < -0.39 is 17.8 Å². The number of rotatable bonds is 13. The Bertz CT molecular complexity index is 1790. The van der Waals surface area contributed by atoms with Crippen molar-refractivity contribution in [2.45, 2.75) is 19.3 Å². The molecule has 0 aliphatic carbocycles. The van der Waals surface area contributed by atoms with E-state index in [-0.39, 0.29) is 31.0 Å². The van der Waals surface area contributed by atoms with Gasteiger partial charge in [0.15, 0.2) is 17.3 Å². The van der Waals surface area contributed by atoms with Crippen LogP contribution in [0.1, 0.15) is 32.0 Å². The molecule has 12 nitrogen and oxygen atoms in total. The summed E-state index contributed by atoms with van der Waals surface area (Å²) in [5, 5.41) is 19.1. The summed E-state index contributed by atoms with van der Waals surface area (Å²) in [5.74, 6) is 0.174. The summed E-state index contributed by atoms with van der Waals surface area (Å²) >= 11 is 5.96. The van der Waals surface area contributed by atoms with Crippen molar-refractivity contribution in [1.29, 1.82) is 0 Å². The lowest BCUT2D eigenvalue weighted by Gasteiger charge is -2.20. The number of carbonyl (C=O) groups is 3. The van der Waals surface area contributed by atoms with Gasteiger partial charge >= 0.3 is 0 Å². The minimum absolute atomic E-state index is 0.0229. The molecule has 13 heteroatoms. The number of hydrogen-bond donors (Lipinski definition) is 1. The van der Waals surface area contributed by atoms with Crippen molar-refractivity contribution in [1.82, 2.24) is 15.0 Å². The Labute approximate surface area is 263 Å². The van der Waals surface area contributed by atoms with E-state index in [1.807, 2.05) is 0 Å². The summed E-state index contributed by atoms with van der Waals surface area (Å²) in [5.41, 5.74) is 2.14. The van der Waals surface area contributed by atoms with Crippen LogP contribution in [0, 0.1) is 0 Å². The topological polar surface area (TPSA) is 142 Å². The number of aromatic nitrogens is 3. The first-order valence-electron chi connectivity index (χ1n) is 13.7. The molecule has 0 fully saturated rings. The molecule has 232 valence electrons. The molecular weight excluding hydrogens is 604 g/mol. The van der Waals surface area contributed by atoms with Crippen LogP contribution in [0.2, 0.25) is 5.02 Å². The molecule has 2 heterocycles. The van der Waals surface area contributed by atoms with Gasteiger partial charge in [0.25, 0.3) is 11.7 Å². The van der Waals surface area contributed by atoms with Crippen LogP contribution in [0.25, 0.3) is 6.08 Å². The second-order valence-electron chi connectivity index (χ2n) is 9.93. The number of methoxy groups -OCH3 is 3. The van der Waals surface area contributed by atoms with E-state index in [2.05, 4.69) is 10.3 Å². The molecule has 1 N–H and O–H groups in total. The van der Waals surface area contributed by atoms with Crippen molar-refractivity contribution >= 4 is 40.8 Å². The molecule has 0 spiro atoms. The number of carbonyl (C=O) groups excluding carboxylic acids is 3. The molecule has 1 unspecified atom stereocenters. The Morgan fingerprint density at radius 2 is 1.80 bits per heavy atom. The van der Waals surface area contributed by atoms with Crippen molar-refractivity contribution in [3.63, 3.8) is 0 Å². The van der Waals surface area contributed by atoms with Crippen LogP contribution in [0.4, 0.5) is 5.69 Å². The smallest absolute Gasteiger partial charge is 0.299 e. The maximum absolute atomic E-state index is 12.9. The van der Waals surface area contributed by atoms with Gasteiger partial charge in [-0.25, -0.2) is 4.68 Å². The van der Waals surface area contributed by atoms with Crippen molar-refractivity contribution < 1.29 is 38.4 Å².